The SMILES string of the molecule is C=C(CN(C)C)Nc1cncc(-c2ccc3[nH]nc(-c4nc5c(-c6ccc(C(=C)C)s6)nccc5[nH]4)c3c2)c1. The van der Waals surface area contributed by atoms with Crippen LogP contribution in [0.4, 0.5) is 5.69 Å². The second-order valence-electron chi connectivity index (χ2n) is 9.85. The Kier molecular flexibility index (Phi) is 6.30. The number of nitrogens with zero attached hydrogens (tertiary/aromatic N) is 5. The molecule has 1 aromatic carbocycles. The molecule has 9 heteroatoms. The minimum Gasteiger partial charge on any atom is -0.357 e. The van der Waals surface area contributed by atoms with Crippen LogP contribution >= 0.6 is 11.3 Å². The Morgan fingerprint density at radius 2 is 1.87 bits per heavy atom. The molecule has 0 bridgehead atoms. The Hall–Kier alpha value is -4.60. The highest BCUT2D eigenvalue weighted by Crippen LogP contribution is 2.36. The van der Waals surface area contributed by atoms with Gasteiger partial charge in [0.05, 0.1) is 27.8 Å². The highest BCUT2D eigenvalue weighted by atomic mass is 32.1. The Labute approximate surface area is 230 Å². The van der Waals surface area contributed by atoms with Gasteiger partial charge in [0.15, 0.2) is 5.82 Å². The third-order valence-electron chi connectivity index (χ3n) is 6.35. The maximum absolute atomic E-state index is 4.96. The van der Waals surface area contributed by atoms with Crippen LogP contribution < -0.4 is 5.32 Å². The quantitative estimate of drug-likeness (QED) is 0.199. The fraction of sp³-hybridized carbons (Fsp3) is 0.133. The van der Waals surface area contributed by atoms with Gasteiger partial charge in [0.2, 0.25) is 0 Å². The second kappa shape index (κ2) is 9.94. The van der Waals surface area contributed by atoms with Crippen molar-refractivity contribution < 1.29 is 0 Å². The molecule has 3 N–H and O–H groups in total. The van der Waals surface area contributed by atoms with Crippen molar-refractivity contribution in [2.75, 3.05) is 26.0 Å². The average molecular weight is 533 g/mol. The summed E-state index contributed by atoms with van der Waals surface area (Å²) < 4.78 is 0. The van der Waals surface area contributed by atoms with Crippen LogP contribution in [0.1, 0.15) is 11.8 Å². The normalized spacial score (nSPS) is 11.5. The minimum atomic E-state index is 0.688. The van der Waals surface area contributed by atoms with E-state index in [1.807, 2.05) is 45.5 Å². The molecule has 39 heavy (non-hydrogen) atoms. The molecule has 0 aliphatic rings. The molecule has 0 radical (unpaired) electrons. The van der Waals surface area contributed by atoms with E-state index in [2.05, 4.69) is 78.9 Å². The van der Waals surface area contributed by atoms with E-state index in [1.54, 1.807) is 17.5 Å². The molecule has 5 heterocycles. The van der Waals surface area contributed by atoms with Crippen LogP contribution in [0, 0.1) is 0 Å². The summed E-state index contributed by atoms with van der Waals surface area (Å²) in [6, 6.07) is 14.4. The Morgan fingerprint density at radius 1 is 1.00 bits per heavy atom. The van der Waals surface area contributed by atoms with Gasteiger partial charge in [-0.25, -0.2) is 4.98 Å². The van der Waals surface area contributed by atoms with Gasteiger partial charge in [-0.05, 0) is 68.6 Å². The van der Waals surface area contributed by atoms with E-state index in [1.165, 1.54) is 0 Å². The standard InChI is InChI=1S/C30H28N8S/c1-17(2)25-8-9-26(39-25)29-28-24(10-11-32-29)34-30(35-28)27-22-13-19(6-7-23(22)36-37-27)20-12-21(15-31-14-20)33-18(3)16-38(4)5/h6-15,33H,1,3,16H2,2,4-5H3,(H,34,35)(H,36,37). The van der Waals surface area contributed by atoms with Gasteiger partial charge >= 0.3 is 0 Å². The van der Waals surface area contributed by atoms with Crippen LogP contribution in [0.3, 0.4) is 0 Å². The molecule has 0 atom stereocenters. The number of fused-ring (bicyclic) bond motifs is 2. The number of aromatic nitrogens is 6. The molecule has 0 aliphatic carbocycles. The predicted octanol–water partition coefficient (Wildman–Crippen LogP) is 6.81. The fourth-order valence-corrected chi connectivity index (χ4v) is 5.52. The third kappa shape index (κ3) is 4.85. The second-order valence-corrected chi connectivity index (χ2v) is 10.9. The van der Waals surface area contributed by atoms with Crippen molar-refractivity contribution in [2.24, 2.45) is 0 Å². The molecule has 0 spiro atoms. The number of nitrogens with one attached hydrogen (secondary N) is 3. The predicted molar refractivity (Wildman–Crippen MR) is 162 cm³/mol. The molecule has 0 saturated carbocycles. The van der Waals surface area contributed by atoms with Gasteiger partial charge in [0.1, 0.15) is 16.9 Å². The van der Waals surface area contributed by atoms with Gasteiger partial charge in [0, 0.05) is 40.5 Å². The highest BCUT2D eigenvalue weighted by Gasteiger charge is 2.17. The molecule has 5 aromatic heterocycles. The van der Waals surface area contributed by atoms with E-state index in [-0.39, 0.29) is 0 Å². The molecule has 8 nitrogen and oxygen atoms in total. The monoisotopic (exact) mass is 532 g/mol. The van der Waals surface area contributed by atoms with Gasteiger partial charge in [-0.2, -0.15) is 5.10 Å². The lowest BCUT2D eigenvalue weighted by atomic mass is 10.0. The Balaban J connectivity index is 1.37. The maximum Gasteiger partial charge on any atom is 0.159 e. The number of hydrogen-bond acceptors (Lipinski definition) is 7. The van der Waals surface area contributed by atoms with Crippen LogP contribution in [0.2, 0.25) is 0 Å². The summed E-state index contributed by atoms with van der Waals surface area (Å²) in [5, 5.41) is 12.1. The number of H-pyrrole nitrogens is 2. The first-order valence-corrected chi connectivity index (χ1v) is 13.3. The van der Waals surface area contributed by atoms with Gasteiger partial charge in [0.25, 0.3) is 0 Å². The number of likely N-dealkylation sites (N-methyl/N-ethyl adjacent to an activating group) is 1. The number of hydrogen-bond donors (Lipinski definition) is 3. The summed E-state index contributed by atoms with van der Waals surface area (Å²) in [4.78, 5) is 21.8. The van der Waals surface area contributed by atoms with Crippen molar-refractivity contribution in [3.05, 3.63) is 84.8 Å². The number of rotatable bonds is 8. The minimum absolute atomic E-state index is 0.688. The van der Waals surface area contributed by atoms with Crippen LogP contribution in [0.25, 0.3) is 60.7 Å². The van der Waals surface area contributed by atoms with Crippen molar-refractivity contribution in [3.63, 3.8) is 0 Å². The first-order chi connectivity index (χ1) is 18.9. The van der Waals surface area contributed by atoms with Crippen molar-refractivity contribution in [1.29, 1.82) is 0 Å². The van der Waals surface area contributed by atoms with E-state index in [0.29, 0.717) is 5.82 Å². The van der Waals surface area contributed by atoms with Gasteiger partial charge in [-0.15, -0.1) is 11.3 Å². The third-order valence-corrected chi connectivity index (χ3v) is 7.60. The van der Waals surface area contributed by atoms with Gasteiger partial charge < -0.3 is 15.2 Å². The first kappa shape index (κ1) is 24.7. The number of pyridine rings is 2. The Bertz CT molecular complexity index is 1860. The molecule has 6 aromatic rings. The summed E-state index contributed by atoms with van der Waals surface area (Å²) >= 11 is 1.67. The molecule has 0 unspecified atom stereocenters. The van der Waals surface area contributed by atoms with E-state index in [0.717, 1.165) is 77.7 Å². The molecule has 0 aliphatic heterocycles. The van der Waals surface area contributed by atoms with Crippen LogP contribution in [0.5, 0.6) is 0 Å². The summed E-state index contributed by atoms with van der Waals surface area (Å²) in [6.07, 6.45) is 5.47. The van der Waals surface area contributed by atoms with Crippen molar-refractivity contribution in [2.45, 2.75) is 6.92 Å². The van der Waals surface area contributed by atoms with E-state index in [9.17, 15) is 0 Å². The highest BCUT2D eigenvalue weighted by molar-refractivity contribution is 7.16. The number of thiophene rings is 1. The smallest absolute Gasteiger partial charge is 0.159 e. The Morgan fingerprint density at radius 3 is 2.67 bits per heavy atom. The topological polar surface area (TPSA) is 98.4 Å². The molecular weight excluding hydrogens is 504 g/mol. The van der Waals surface area contributed by atoms with Gasteiger partial charge in [-0.3, -0.25) is 15.1 Å². The number of imidazole rings is 1. The van der Waals surface area contributed by atoms with Gasteiger partial charge in [-0.1, -0.05) is 19.2 Å². The lowest BCUT2D eigenvalue weighted by Gasteiger charge is -2.14. The summed E-state index contributed by atoms with van der Waals surface area (Å²) in [5.41, 5.74) is 9.12. The zero-order valence-electron chi connectivity index (χ0n) is 22.0. The lowest BCUT2D eigenvalue weighted by molar-refractivity contribution is 0.447. The number of benzene rings is 1. The van der Waals surface area contributed by atoms with E-state index >= 15 is 0 Å². The molecule has 0 fully saturated rings. The average Bonchev–Trinajstić information content (AvgIpc) is 3.65. The molecule has 0 saturated heterocycles. The lowest BCUT2D eigenvalue weighted by Crippen LogP contribution is -2.18. The van der Waals surface area contributed by atoms with E-state index in [4.69, 9.17) is 4.98 Å². The molecular formula is C30H28N8S. The number of aromatic amines is 2. The summed E-state index contributed by atoms with van der Waals surface area (Å²) in [7, 11) is 4.03. The molecule has 194 valence electrons. The van der Waals surface area contributed by atoms with E-state index < -0.39 is 0 Å². The first-order valence-electron chi connectivity index (χ1n) is 12.5. The van der Waals surface area contributed by atoms with Crippen molar-refractivity contribution >= 4 is 44.5 Å². The number of allylic oxidation sites excluding steroid dienone is 1. The molecule has 0 amide bonds. The zero-order chi connectivity index (χ0) is 27.1. The van der Waals surface area contributed by atoms with Crippen molar-refractivity contribution in [3.8, 4) is 33.2 Å². The maximum atomic E-state index is 4.96. The number of anilines is 1. The van der Waals surface area contributed by atoms with Crippen LogP contribution in [0.15, 0.2) is 79.9 Å². The zero-order valence-corrected chi connectivity index (χ0v) is 22.9. The summed E-state index contributed by atoms with van der Waals surface area (Å²) in [5.74, 6) is 0.688. The summed E-state index contributed by atoms with van der Waals surface area (Å²) in [6.45, 7) is 10.9. The fourth-order valence-electron chi connectivity index (χ4n) is 4.59. The van der Waals surface area contributed by atoms with Crippen molar-refractivity contribution in [1.82, 2.24) is 35.0 Å². The van der Waals surface area contributed by atoms with Crippen LogP contribution in [-0.4, -0.2) is 55.7 Å². The largest absolute Gasteiger partial charge is 0.357 e. The van der Waals surface area contributed by atoms with Crippen LogP contribution in [-0.2, 0) is 0 Å². The molecule has 6 rings (SSSR count).